The van der Waals surface area contributed by atoms with Gasteiger partial charge >= 0.3 is 0 Å². The van der Waals surface area contributed by atoms with Gasteiger partial charge in [-0.2, -0.15) is 9.97 Å². The van der Waals surface area contributed by atoms with Gasteiger partial charge in [0.25, 0.3) is 0 Å². The molecule has 1 aliphatic heterocycles. The van der Waals surface area contributed by atoms with Crippen LogP contribution in [0.25, 0.3) is 22.4 Å². The minimum absolute atomic E-state index is 0.197. The third-order valence-electron chi connectivity index (χ3n) is 3.89. The van der Waals surface area contributed by atoms with Gasteiger partial charge in [0.1, 0.15) is 0 Å². The Hall–Kier alpha value is -2.87. The molecule has 8 heteroatoms. The van der Waals surface area contributed by atoms with Gasteiger partial charge in [0.2, 0.25) is 5.95 Å². The molecule has 24 heavy (non-hydrogen) atoms. The van der Waals surface area contributed by atoms with Crippen LogP contribution < -0.4 is 10.6 Å². The summed E-state index contributed by atoms with van der Waals surface area (Å²) in [6, 6.07) is 2.02. The van der Waals surface area contributed by atoms with Crippen LogP contribution >= 0.6 is 0 Å². The third kappa shape index (κ3) is 2.71. The maximum Gasteiger partial charge on any atom is 0.224 e. The second-order valence-electron chi connectivity index (χ2n) is 5.68. The Balaban J connectivity index is 1.86. The maximum atomic E-state index is 5.84. The third-order valence-corrected chi connectivity index (χ3v) is 3.89. The number of nitrogen functional groups attached to an aromatic ring is 1. The lowest BCUT2D eigenvalue weighted by Crippen LogP contribution is -2.37. The molecule has 0 bridgehead atoms. The standard InChI is InChI=1S/C16H17N7O/c1-10-6-11(8-18-7-10)12-9-19-14-13(20-12)15(22-16(17)21-14)23-2-4-24-5-3-23/h6-9H,2-5H2,1H3,(H2,17,19,21,22). The number of aryl methyl sites for hydroxylation is 1. The Morgan fingerprint density at radius 2 is 1.92 bits per heavy atom. The van der Waals surface area contributed by atoms with E-state index >= 15 is 0 Å². The van der Waals surface area contributed by atoms with Gasteiger partial charge in [0.15, 0.2) is 17.0 Å². The van der Waals surface area contributed by atoms with E-state index in [4.69, 9.17) is 15.5 Å². The quantitative estimate of drug-likeness (QED) is 0.750. The number of aromatic nitrogens is 5. The Labute approximate surface area is 138 Å². The molecule has 4 rings (SSSR count). The van der Waals surface area contributed by atoms with Crippen molar-refractivity contribution in [3.05, 3.63) is 30.2 Å². The predicted molar refractivity (Wildman–Crippen MR) is 90.5 cm³/mol. The highest BCUT2D eigenvalue weighted by Gasteiger charge is 2.19. The van der Waals surface area contributed by atoms with Crippen LogP contribution in [0.2, 0.25) is 0 Å². The summed E-state index contributed by atoms with van der Waals surface area (Å²) >= 11 is 0. The molecule has 1 fully saturated rings. The number of nitrogens with two attached hydrogens (primary N) is 1. The molecule has 3 aromatic rings. The first-order chi connectivity index (χ1) is 11.7. The molecule has 0 atom stereocenters. The van der Waals surface area contributed by atoms with E-state index in [2.05, 4.69) is 24.8 Å². The van der Waals surface area contributed by atoms with Gasteiger partial charge in [-0.25, -0.2) is 9.97 Å². The number of pyridine rings is 1. The second kappa shape index (κ2) is 5.97. The molecule has 1 aliphatic rings. The number of morpholine rings is 1. The lowest BCUT2D eigenvalue weighted by molar-refractivity contribution is 0.122. The molecule has 0 aliphatic carbocycles. The van der Waals surface area contributed by atoms with Gasteiger partial charge in [-0.15, -0.1) is 0 Å². The van der Waals surface area contributed by atoms with Crippen LogP contribution in [0.15, 0.2) is 24.7 Å². The summed E-state index contributed by atoms with van der Waals surface area (Å²) in [5.41, 5.74) is 9.69. The first-order valence-corrected chi connectivity index (χ1v) is 7.76. The topological polar surface area (TPSA) is 103 Å². The molecule has 0 unspecified atom stereocenters. The van der Waals surface area contributed by atoms with Gasteiger partial charge in [0, 0.05) is 31.0 Å². The van der Waals surface area contributed by atoms with Crippen molar-refractivity contribution in [1.29, 1.82) is 0 Å². The average Bonchev–Trinajstić information content (AvgIpc) is 2.61. The predicted octanol–water partition coefficient (Wildman–Crippen LogP) is 1.21. The summed E-state index contributed by atoms with van der Waals surface area (Å²) < 4.78 is 5.41. The summed E-state index contributed by atoms with van der Waals surface area (Å²) in [6.07, 6.45) is 5.27. The molecule has 1 saturated heterocycles. The molecule has 2 N–H and O–H groups in total. The Morgan fingerprint density at radius 3 is 2.71 bits per heavy atom. The molecule has 3 aromatic heterocycles. The Morgan fingerprint density at radius 1 is 1.08 bits per heavy atom. The SMILES string of the molecule is Cc1cncc(-c2cnc3nc(N)nc(N4CCOCC4)c3n2)c1. The summed E-state index contributed by atoms with van der Waals surface area (Å²) in [6.45, 7) is 4.78. The fourth-order valence-corrected chi connectivity index (χ4v) is 2.74. The van der Waals surface area contributed by atoms with Crippen molar-refractivity contribution >= 4 is 22.9 Å². The van der Waals surface area contributed by atoms with Crippen molar-refractivity contribution in [2.75, 3.05) is 36.9 Å². The van der Waals surface area contributed by atoms with Crippen molar-refractivity contribution in [2.45, 2.75) is 6.92 Å². The van der Waals surface area contributed by atoms with Gasteiger partial charge in [-0.05, 0) is 18.6 Å². The van der Waals surface area contributed by atoms with Crippen LogP contribution in [0.4, 0.5) is 11.8 Å². The molecule has 122 valence electrons. The first-order valence-electron chi connectivity index (χ1n) is 7.76. The van der Waals surface area contributed by atoms with Gasteiger partial charge in [-0.1, -0.05) is 0 Å². The van der Waals surface area contributed by atoms with Crippen LogP contribution in [0.1, 0.15) is 5.56 Å². The van der Waals surface area contributed by atoms with Crippen molar-refractivity contribution in [1.82, 2.24) is 24.9 Å². The number of hydrogen-bond acceptors (Lipinski definition) is 8. The monoisotopic (exact) mass is 323 g/mol. The van der Waals surface area contributed by atoms with E-state index in [1.807, 2.05) is 13.0 Å². The van der Waals surface area contributed by atoms with Crippen LogP contribution in [0.5, 0.6) is 0 Å². The largest absolute Gasteiger partial charge is 0.378 e. The fourth-order valence-electron chi connectivity index (χ4n) is 2.74. The number of fused-ring (bicyclic) bond motifs is 1. The van der Waals surface area contributed by atoms with E-state index in [0.29, 0.717) is 30.2 Å². The molecule has 0 saturated carbocycles. The minimum atomic E-state index is 0.197. The number of hydrogen-bond donors (Lipinski definition) is 1. The van der Waals surface area contributed by atoms with E-state index in [0.717, 1.165) is 29.9 Å². The second-order valence-corrected chi connectivity index (χ2v) is 5.68. The normalized spacial score (nSPS) is 15.0. The highest BCUT2D eigenvalue weighted by atomic mass is 16.5. The average molecular weight is 323 g/mol. The molecular weight excluding hydrogens is 306 g/mol. The van der Waals surface area contributed by atoms with Crippen molar-refractivity contribution in [2.24, 2.45) is 0 Å². The number of rotatable bonds is 2. The zero-order valence-corrected chi connectivity index (χ0v) is 13.3. The van der Waals surface area contributed by atoms with Crippen molar-refractivity contribution in [3.8, 4) is 11.3 Å². The van der Waals surface area contributed by atoms with Gasteiger partial charge in [-0.3, -0.25) is 4.98 Å². The summed E-state index contributed by atoms with van der Waals surface area (Å²) in [7, 11) is 0. The highest BCUT2D eigenvalue weighted by molar-refractivity contribution is 5.85. The molecule has 0 amide bonds. The molecule has 0 aromatic carbocycles. The number of nitrogens with zero attached hydrogens (tertiary/aromatic N) is 6. The zero-order chi connectivity index (χ0) is 16.5. The van der Waals surface area contributed by atoms with Crippen LogP contribution in [0, 0.1) is 6.92 Å². The first kappa shape index (κ1) is 14.7. The van der Waals surface area contributed by atoms with Crippen LogP contribution in [0.3, 0.4) is 0 Å². The van der Waals surface area contributed by atoms with Crippen LogP contribution in [-0.4, -0.2) is 51.2 Å². The lowest BCUT2D eigenvalue weighted by Gasteiger charge is -2.28. The van der Waals surface area contributed by atoms with Gasteiger partial charge < -0.3 is 15.4 Å². The van der Waals surface area contributed by atoms with E-state index in [-0.39, 0.29) is 5.95 Å². The molecule has 4 heterocycles. The summed E-state index contributed by atoms with van der Waals surface area (Å²) in [4.78, 5) is 24.1. The molecule has 0 radical (unpaired) electrons. The van der Waals surface area contributed by atoms with E-state index in [1.54, 1.807) is 18.6 Å². The van der Waals surface area contributed by atoms with E-state index < -0.39 is 0 Å². The Kier molecular flexibility index (Phi) is 3.66. The van der Waals surface area contributed by atoms with Crippen molar-refractivity contribution < 1.29 is 4.74 Å². The summed E-state index contributed by atoms with van der Waals surface area (Å²) in [5, 5.41) is 0. The molecule has 8 nitrogen and oxygen atoms in total. The van der Waals surface area contributed by atoms with Gasteiger partial charge in [0.05, 0.1) is 25.1 Å². The lowest BCUT2D eigenvalue weighted by atomic mass is 10.2. The highest BCUT2D eigenvalue weighted by Crippen LogP contribution is 2.25. The minimum Gasteiger partial charge on any atom is -0.378 e. The molecular formula is C16H17N7O. The van der Waals surface area contributed by atoms with E-state index in [9.17, 15) is 0 Å². The zero-order valence-electron chi connectivity index (χ0n) is 13.3. The fraction of sp³-hybridized carbons (Fsp3) is 0.312. The van der Waals surface area contributed by atoms with E-state index in [1.165, 1.54) is 0 Å². The Bertz CT molecular complexity index is 893. The van der Waals surface area contributed by atoms with Crippen LogP contribution in [-0.2, 0) is 4.74 Å². The number of ether oxygens (including phenoxy) is 1. The molecule has 0 spiro atoms. The summed E-state index contributed by atoms with van der Waals surface area (Å²) in [5.74, 6) is 0.902. The smallest absolute Gasteiger partial charge is 0.224 e. The number of anilines is 2. The van der Waals surface area contributed by atoms with Crippen molar-refractivity contribution in [3.63, 3.8) is 0 Å². The maximum absolute atomic E-state index is 5.84.